The number of nitrogens with zero attached hydrogens (tertiary/aromatic N) is 1. The third kappa shape index (κ3) is 3.16. The summed E-state index contributed by atoms with van der Waals surface area (Å²) in [6.45, 7) is 2.18. The molecule has 1 aromatic carbocycles. The van der Waals surface area contributed by atoms with Crippen LogP contribution in [-0.4, -0.2) is 18.1 Å². The number of nitrogens with one attached hydrogen (secondary N) is 1. The summed E-state index contributed by atoms with van der Waals surface area (Å²) >= 11 is 1.79. The Hall–Kier alpha value is -2.07. The molecule has 0 aliphatic rings. The van der Waals surface area contributed by atoms with Crippen LogP contribution in [0.2, 0.25) is 0 Å². The van der Waals surface area contributed by atoms with Gasteiger partial charge in [0.1, 0.15) is 11.6 Å². The molecule has 21 heavy (non-hydrogen) atoms. The van der Waals surface area contributed by atoms with Crippen molar-refractivity contribution in [1.82, 2.24) is 4.98 Å². The minimum Gasteiger partial charge on any atom is -0.497 e. The molecule has 0 amide bonds. The van der Waals surface area contributed by atoms with Crippen LogP contribution < -0.4 is 10.1 Å². The molecule has 3 rings (SSSR count). The molecule has 0 aliphatic heterocycles. The maximum Gasteiger partial charge on any atom is 0.134 e. The number of hydrogen-bond acceptors (Lipinski definition) is 4. The molecular weight excluding hydrogens is 280 g/mol. The van der Waals surface area contributed by atoms with Crippen molar-refractivity contribution in [2.45, 2.75) is 19.4 Å². The topological polar surface area (TPSA) is 34.1 Å². The second-order valence-corrected chi connectivity index (χ2v) is 6.11. The summed E-state index contributed by atoms with van der Waals surface area (Å²) in [5.74, 6) is 1.80. The molecule has 0 radical (unpaired) electrons. The van der Waals surface area contributed by atoms with E-state index in [4.69, 9.17) is 4.74 Å². The number of benzene rings is 1. The Morgan fingerprint density at radius 3 is 2.95 bits per heavy atom. The van der Waals surface area contributed by atoms with Gasteiger partial charge in [-0.25, -0.2) is 4.98 Å². The van der Waals surface area contributed by atoms with Crippen LogP contribution in [0.1, 0.15) is 11.8 Å². The van der Waals surface area contributed by atoms with Gasteiger partial charge in [-0.3, -0.25) is 0 Å². The highest BCUT2D eigenvalue weighted by atomic mass is 32.1. The molecule has 0 bridgehead atoms. The highest BCUT2D eigenvalue weighted by Crippen LogP contribution is 2.26. The van der Waals surface area contributed by atoms with E-state index in [2.05, 4.69) is 40.8 Å². The summed E-state index contributed by atoms with van der Waals surface area (Å²) in [6, 6.07) is 12.7. The molecular formula is C17H18N2OS. The number of methoxy groups -OCH3 is 1. The maximum atomic E-state index is 5.27. The Morgan fingerprint density at radius 1 is 1.29 bits per heavy atom. The SMILES string of the molecule is COc1ccc2c(NC(C)Cc3cccs3)nccc2c1. The minimum absolute atomic E-state index is 0.337. The van der Waals surface area contributed by atoms with Crippen molar-refractivity contribution < 1.29 is 4.74 Å². The molecule has 1 unspecified atom stereocenters. The van der Waals surface area contributed by atoms with E-state index >= 15 is 0 Å². The number of ether oxygens (including phenoxy) is 1. The van der Waals surface area contributed by atoms with Gasteiger partial charge in [-0.2, -0.15) is 0 Å². The maximum absolute atomic E-state index is 5.27. The van der Waals surface area contributed by atoms with Gasteiger partial charge < -0.3 is 10.1 Å². The van der Waals surface area contributed by atoms with Crippen molar-refractivity contribution in [2.75, 3.05) is 12.4 Å². The van der Waals surface area contributed by atoms with Gasteiger partial charge in [-0.1, -0.05) is 6.07 Å². The zero-order valence-corrected chi connectivity index (χ0v) is 13.0. The molecule has 0 saturated carbocycles. The van der Waals surface area contributed by atoms with Crippen LogP contribution >= 0.6 is 11.3 Å². The summed E-state index contributed by atoms with van der Waals surface area (Å²) in [5, 5.41) is 7.89. The summed E-state index contributed by atoms with van der Waals surface area (Å²) in [6.07, 6.45) is 2.84. The van der Waals surface area contributed by atoms with Gasteiger partial charge in [0.15, 0.2) is 0 Å². The van der Waals surface area contributed by atoms with Crippen molar-refractivity contribution in [2.24, 2.45) is 0 Å². The Morgan fingerprint density at radius 2 is 2.19 bits per heavy atom. The quantitative estimate of drug-likeness (QED) is 0.760. The first-order chi connectivity index (χ1) is 10.3. The largest absolute Gasteiger partial charge is 0.497 e. The number of anilines is 1. The third-order valence-electron chi connectivity index (χ3n) is 3.44. The van der Waals surface area contributed by atoms with E-state index in [1.807, 2.05) is 24.4 Å². The van der Waals surface area contributed by atoms with Crippen molar-refractivity contribution >= 4 is 27.9 Å². The van der Waals surface area contributed by atoms with Crippen LogP contribution in [0.4, 0.5) is 5.82 Å². The second kappa shape index (κ2) is 6.14. The normalized spacial score (nSPS) is 12.3. The van der Waals surface area contributed by atoms with Gasteiger partial charge in [0, 0.05) is 28.9 Å². The first kappa shape index (κ1) is 13.9. The molecule has 3 aromatic rings. The van der Waals surface area contributed by atoms with E-state index in [9.17, 15) is 0 Å². The highest BCUT2D eigenvalue weighted by Gasteiger charge is 2.08. The van der Waals surface area contributed by atoms with E-state index in [0.717, 1.165) is 28.8 Å². The molecule has 0 fully saturated rings. The number of hydrogen-bond donors (Lipinski definition) is 1. The van der Waals surface area contributed by atoms with Crippen LogP contribution in [0, 0.1) is 0 Å². The predicted molar refractivity (Wildman–Crippen MR) is 89.4 cm³/mol. The Labute approximate surface area is 128 Å². The zero-order chi connectivity index (χ0) is 14.7. The Balaban J connectivity index is 1.83. The van der Waals surface area contributed by atoms with Gasteiger partial charge in [0.25, 0.3) is 0 Å². The summed E-state index contributed by atoms with van der Waals surface area (Å²) < 4.78 is 5.27. The number of aromatic nitrogens is 1. The van der Waals surface area contributed by atoms with Gasteiger partial charge in [-0.15, -0.1) is 11.3 Å². The fourth-order valence-electron chi connectivity index (χ4n) is 2.41. The average Bonchev–Trinajstić information content (AvgIpc) is 2.99. The van der Waals surface area contributed by atoms with Gasteiger partial charge >= 0.3 is 0 Å². The standard InChI is InChI=1S/C17H18N2OS/c1-12(10-15-4-3-9-21-15)19-17-16-6-5-14(20-2)11-13(16)7-8-18-17/h3-9,11-12H,10H2,1-2H3,(H,18,19). The van der Waals surface area contributed by atoms with Crippen molar-refractivity contribution in [1.29, 1.82) is 0 Å². The van der Waals surface area contributed by atoms with E-state index in [1.165, 1.54) is 4.88 Å². The van der Waals surface area contributed by atoms with Crippen LogP contribution in [-0.2, 0) is 6.42 Å². The molecule has 2 aromatic heterocycles. The predicted octanol–water partition coefficient (Wildman–Crippen LogP) is 4.35. The summed E-state index contributed by atoms with van der Waals surface area (Å²) in [5.41, 5.74) is 0. The first-order valence-corrected chi connectivity index (χ1v) is 7.86. The molecule has 0 spiro atoms. The highest BCUT2D eigenvalue weighted by molar-refractivity contribution is 7.09. The number of pyridine rings is 1. The molecule has 2 heterocycles. The van der Waals surface area contributed by atoms with Crippen LogP contribution in [0.3, 0.4) is 0 Å². The van der Waals surface area contributed by atoms with Gasteiger partial charge in [-0.05, 0) is 48.0 Å². The Kier molecular flexibility index (Phi) is 4.06. The van der Waals surface area contributed by atoms with Crippen molar-refractivity contribution in [3.8, 4) is 5.75 Å². The fraction of sp³-hybridized carbons (Fsp3) is 0.235. The van der Waals surface area contributed by atoms with Gasteiger partial charge in [0.05, 0.1) is 7.11 Å². The van der Waals surface area contributed by atoms with Gasteiger partial charge in [0.2, 0.25) is 0 Å². The molecule has 0 saturated heterocycles. The van der Waals surface area contributed by atoms with Crippen LogP contribution in [0.15, 0.2) is 48.0 Å². The van der Waals surface area contributed by atoms with E-state index < -0.39 is 0 Å². The molecule has 108 valence electrons. The summed E-state index contributed by atoms with van der Waals surface area (Å²) in [4.78, 5) is 5.87. The monoisotopic (exact) mass is 298 g/mol. The minimum atomic E-state index is 0.337. The lowest BCUT2D eigenvalue weighted by Crippen LogP contribution is -2.18. The smallest absolute Gasteiger partial charge is 0.134 e. The lowest BCUT2D eigenvalue weighted by molar-refractivity contribution is 0.415. The number of rotatable bonds is 5. The number of fused-ring (bicyclic) bond motifs is 1. The average molecular weight is 298 g/mol. The lowest BCUT2D eigenvalue weighted by Gasteiger charge is -2.15. The second-order valence-electron chi connectivity index (χ2n) is 5.08. The van der Waals surface area contributed by atoms with E-state index in [1.54, 1.807) is 18.4 Å². The first-order valence-electron chi connectivity index (χ1n) is 6.98. The third-order valence-corrected chi connectivity index (χ3v) is 4.34. The molecule has 0 aliphatic carbocycles. The van der Waals surface area contributed by atoms with Crippen molar-refractivity contribution in [3.05, 3.63) is 52.9 Å². The van der Waals surface area contributed by atoms with E-state index in [0.29, 0.717) is 6.04 Å². The van der Waals surface area contributed by atoms with E-state index in [-0.39, 0.29) is 0 Å². The molecule has 1 N–H and O–H groups in total. The Bertz CT molecular complexity index is 725. The zero-order valence-electron chi connectivity index (χ0n) is 12.2. The molecule has 1 atom stereocenters. The molecule has 4 heteroatoms. The fourth-order valence-corrected chi connectivity index (χ4v) is 3.25. The number of thiophene rings is 1. The molecule has 3 nitrogen and oxygen atoms in total. The van der Waals surface area contributed by atoms with Crippen LogP contribution in [0.25, 0.3) is 10.8 Å². The summed E-state index contributed by atoms with van der Waals surface area (Å²) in [7, 11) is 1.69. The lowest BCUT2D eigenvalue weighted by atomic mass is 10.1. The van der Waals surface area contributed by atoms with Crippen molar-refractivity contribution in [3.63, 3.8) is 0 Å². The van der Waals surface area contributed by atoms with Crippen LogP contribution in [0.5, 0.6) is 5.75 Å².